The van der Waals surface area contributed by atoms with Crippen molar-refractivity contribution < 1.29 is 28.7 Å². The molecule has 2 amide bonds. The number of carbonyl (C=O) groups excluding carboxylic acids is 4. The SMILES string of the molecule is C#C[C@H](CC(=O)OCOC(=O)C(C)(C)C)NC(=O)[C@@H]1CCCN(C(=O)CCC2CCNCC2)C1. The van der Waals surface area contributed by atoms with Crippen LogP contribution in [0.25, 0.3) is 0 Å². The second-order valence-electron chi connectivity index (χ2n) is 10.2. The molecule has 2 aliphatic heterocycles. The van der Waals surface area contributed by atoms with Gasteiger partial charge in [-0.15, -0.1) is 6.42 Å². The molecule has 0 unspecified atom stereocenters. The summed E-state index contributed by atoms with van der Waals surface area (Å²) >= 11 is 0. The summed E-state index contributed by atoms with van der Waals surface area (Å²) < 4.78 is 9.81. The van der Waals surface area contributed by atoms with Crippen molar-refractivity contribution in [2.45, 2.75) is 71.8 Å². The lowest BCUT2D eigenvalue weighted by Gasteiger charge is -2.33. The van der Waals surface area contributed by atoms with Gasteiger partial charge in [0.25, 0.3) is 0 Å². The lowest BCUT2D eigenvalue weighted by atomic mass is 9.92. The van der Waals surface area contributed by atoms with E-state index in [9.17, 15) is 19.2 Å². The molecule has 9 heteroatoms. The van der Waals surface area contributed by atoms with Crippen LogP contribution in [0.2, 0.25) is 0 Å². The first-order chi connectivity index (χ1) is 16.1. The first kappa shape index (κ1) is 27.6. The Balaban J connectivity index is 1.74. The molecule has 0 spiro atoms. The van der Waals surface area contributed by atoms with E-state index in [1.807, 2.05) is 0 Å². The quantitative estimate of drug-likeness (QED) is 0.295. The van der Waals surface area contributed by atoms with Crippen LogP contribution in [0.15, 0.2) is 0 Å². The van der Waals surface area contributed by atoms with E-state index in [1.165, 1.54) is 0 Å². The fourth-order valence-electron chi connectivity index (χ4n) is 4.11. The van der Waals surface area contributed by atoms with Gasteiger partial charge in [-0.05, 0) is 71.9 Å². The summed E-state index contributed by atoms with van der Waals surface area (Å²) in [4.78, 5) is 51.0. The predicted molar refractivity (Wildman–Crippen MR) is 126 cm³/mol. The Kier molecular flexibility index (Phi) is 10.8. The molecule has 2 saturated heterocycles. The fourth-order valence-corrected chi connectivity index (χ4v) is 4.11. The van der Waals surface area contributed by atoms with Crippen molar-refractivity contribution in [3.05, 3.63) is 0 Å². The highest BCUT2D eigenvalue weighted by Gasteiger charge is 2.30. The van der Waals surface area contributed by atoms with Gasteiger partial charge < -0.3 is 25.0 Å². The lowest BCUT2D eigenvalue weighted by Crippen LogP contribution is -2.47. The first-order valence-electron chi connectivity index (χ1n) is 12.2. The maximum atomic E-state index is 12.8. The van der Waals surface area contributed by atoms with Crippen molar-refractivity contribution in [2.75, 3.05) is 33.0 Å². The smallest absolute Gasteiger partial charge is 0.314 e. The number of ether oxygens (including phenoxy) is 2. The Hall–Kier alpha value is -2.60. The average Bonchev–Trinajstić information content (AvgIpc) is 2.82. The summed E-state index contributed by atoms with van der Waals surface area (Å²) in [7, 11) is 0. The van der Waals surface area contributed by atoms with Crippen molar-refractivity contribution in [2.24, 2.45) is 17.3 Å². The molecule has 0 bridgehead atoms. The Labute approximate surface area is 202 Å². The van der Waals surface area contributed by atoms with Gasteiger partial charge in [0.15, 0.2) is 0 Å². The third-order valence-electron chi connectivity index (χ3n) is 6.28. The van der Waals surface area contributed by atoms with Crippen LogP contribution in [0.5, 0.6) is 0 Å². The zero-order valence-corrected chi connectivity index (χ0v) is 20.7. The number of terminal acetylenes is 1. The maximum Gasteiger partial charge on any atom is 0.314 e. The van der Waals surface area contributed by atoms with Gasteiger partial charge in [0.2, 0.25) is 18.6 Å². The van der Waals surface area contributed by atoms with Crippen LogP contribution in [-0.4, -0.2) is 67.7 Å². The molecular weight excluding hydrogens is 438 g/mol. The van der Waals surface area contributed by atoms with Crippen molar-refractivity contribution in [1.29, 1.82) is 0 Å². The van der Waals surface area contributed by atoms with Crippen LogP contribution in [0.3, 0.4) is 0 Å². The van der Waals surface area contributed by atoms with Crippen LogP contribution in [0.1, 0.15) is 65.7 Å². The molecule has 0 aromatic heterocycles. The maximum absolute atomic E-state index is 12.8. The highest BCUT2D eigenvalue weighted by Crippen LogP contribution is 2.22. The van der Waals surface area contributed by atoms with E-state index in [1.54, 1.807) is 25.7 Å². The third-order valence-corrected chi connectivity index (χ3v) is 6.28. The van der Waals surface area contributed by atoms with Crippen LogP contribution < -0.4 is 10.6 Å². The number of hydrogen-bond donors (Lipinski definition) is 2. The average molecular weight is 478 g/mol. The highest BCUT2D eigenvalue weighted by molar-refractivity contribution is 5.82. The number of carbonyl (C=O) groups is 4. The van der Waals surface area contributed by atoms with Crippen molar-refractivity contribution in [3.8, 4) is 12.3 Å². The van der Waals surface area contributed by atoms with Crippen LogP contribution in [-0.2, 0) is 28.7 Å². The van der Waals surface area contributed by atoms with E-state index < -0.39 is 30.2 Å². The summed E-state index contributed by atoms with van der Waals surface area (Å²) in [5.41, 5.74) is -0.704. The molecule has 2 aliphatic rings. The Bertz CT molecular complexity index is 764. The molecule has 0 aliphatic carbocycles. The Morgan fingerprint density at radius 2 is 1.85 bits per heavy atom. The molecule has 190 valence electrons. The first-order valence-corrected chi connectivity index (χ1v) is 12.2. The minimum atomic E-state index is -0.843. The third kappa shape index (κ3) is 9.34. The summed E-state index contributed by atoms with van der Waals surface area (Å²) in [5, 5.41) is 6.04. The summed E-state index contributed by atoms with van der Waals surface area (Å²) in [5.74, 6) is 1.27. The molecule has 2 N–H and O–H groups in total. The number of piperidine rings is 2. The van der Waals surface area contributed by atoms with Crippen molar-refractivity contribution in [1.82, 2.24) is 15.5 Å². The fraction of sp³-hybridized carbons (Fsp3) is 0.760. The molecule has 0 saturated carbocycles. The molecule has 2 atom stereocenters. The molecule has 34 heavy (non-hydrogen) atoms. The van der Waals surface area contributed by atoms with E-state index in [4.69, 9.17) is 15.9 Å². The Morgan fingerprint density at radius 1 is 1.15 bits per heavy atom. The predicted octanol–water partition coefficient (Wildman–Crippen LogP) is 1.60. The summed E-state index contributed by atoms with van der Waals surface area (Å²) in [6.07, 6.45) is 10.3. The molecule has 2 heterocycles. The van der Waals surface area contributed by atoms with Crippen LogP contribution >= 0.6 is 0 Å². The number of esters is 2. The number of nitrogens with one attached hydrogen (secondary N) is 2. The largest absolute Gasteiger partial charge is 0.428 e. The van der Waals surface area contributed by atoms with Crippen LogP contribution in [0.4, 0.5) is 0 Å². The number of hydrogen-bond acceptors (Lipinski definition) is 7. The Morgan fingerprint density at radius 3 is 2.50 bits per heavy atom. The van der Waals surface area contributed by atoms with E-state index in [-0.39, 0.29) is 24.2 Å². The lowest BCUT2D eigenvalue weighted by molar-refractivity contribution is -0.173. The molecule has 0 aromatic rings. The van der Waals surface area contributed by atoms with Gasteiger partial charge in [0, 0.05) is 19.5 Å². The normalized spacial score (nSPS) is 20.1. The van der Waals surface area contributed by atoms with Gasteiger partial charge in [0.1, 0.15) is 6.04 Å². The van der Waals surface area contributed by atoms with Gasteiger partial charge >= 0.3 is 11.9 Å². The summed E-state index contributed by atoms with van der Waals surface area (Å²) in [6, 6.07) is -0.843. The van der Waals surface area contributed by atoms with Gasteiger partial charge in [-0.1, -0.05) is 5.92 Å². The van der Waals surface area contributed by atoms with Gasteiger partial charge in [0.05, 0.1) is 17.8 Å². The van der Waals surface area contributed by atoms with Crippen molar-refractivity contribution >= 4 is 23.8 Å². The van der Waals surface area contributed by atoms with E-state index in [0.717, 1.165) is 38.8 Å². The zero-order valence-electron chi connectivity index (χ0n) is 20.7. The highest BCUT2D eigenvalue weighted by atomic mass is 16.7. The molecular formula is C25H39N3O6. The van der Waals surface area contributed by atoms with Crippen molar-refractivity contribution in [3.63, 3.8) is 0 Å². The molecule has 9 nitrogen and oxygen atoms in total. The standard InChI is InChI=1S/C25H39N3O6/c1-5-20(15-22(30)33-17-34-24(32)25(2,3)4)27-23(31)19-7-6-14-28(16-19)21(29)9-8-18-10-12-26-13-11-18/h1,18-20,26H,6-17H2,2-4H3,(H,27,31)/t19-,20-/m1/s1. The van der Waals surface area contributed by atoms with E-state index in [0.29, 0.717) is 31.8 Å². The number of nitrogens with zero attached hydrogens (tertiary/aromatic N) is 1. The molecule has 0 aromatic carbocycles. The van der Waals surface area contributed by atoms with Gasteiger partial charge in [-0.3, -0.25) is 19.2 Å². The van der Waals surface area contributed by atoms with Crippen LogP contribution in [0, 0.1) is 29.6 Å². The van der Waals surface area contributed by atoms with E-state index >= 15 is 0 Å². The number of rotatable bonds is 9. The molecule has 2 fully saturated rings. The number of amides is 2. The summed E-state index contributed by atoms with van der Waals surface area (Å²) in [6.45, 7) is 7.61. The van der Waals surface area contributed by atoms with Gasteiger partial charge in [-0.2, -0.15) is 0 Å². The van der Waals surface area contributed by atoms with Gasteiger partial charge in [-0.25, -0.2) is 0 Å². The topological polar surface area (TPSA) is 114 Å². The van der Waals surface area contributed by atoms with E-state index in [2.05, 4.69) is 16.6 Å². The minimum Gasteiger partial charge on any atom is -0.428 e. The second kappa shape index (κ2) is 13.3. The molecule has 0 radical (unpaired) electrons. The molecule has 2 rings (SSSR count). The number of likely N-dealkylation sites (tertiary alicyclic amines) is 1. The minimum absolute atomic E-state index is 0.0953. The monoisotopic (exact) mass is 477 g/mol. The zero-order chi connectivity index (χ0) is 25.1. The second-order valence-corrected chi connectivity index (χ2v) is 10.2.